The molecule has 0 saturated carbocycles. The number of allylic oxidation sites excluding steroid dienone is 3. The topological polar surface area (TPSA) is 75.9 Å². The summed E-state index contributed by atoms with van der Waals surface area (Å²) in [4.78, 5) is 26.5. The lowest BCUT2D eigenvalue weighted by Gasteiger charge is -2.36. The van der Waals surface area contributed by atoms with Gasteiger partial charge in [-0.2, -0.15) is 0 Å². The summed E-state index contributed by atoms with van der Waals surface area (Å²) in [6.45, 7) is 11.1. The van der Waals surface area contributed by atoms with Crippen molar-refractivity contribution in [2.45, 2.75) is 25.8 Å². The van der Waals surface area contributed by atoms with Crippen LogP contribution in [-0.2, 0) is 4.74 Å². The van der Waals surface area contributed by atoms with Gasteiger partial charge < -0.3 is 14.5 Å². The van der Waals surface area contributed by atoms with Gasteiger partial charge in [0.15, 0.2) is 0 Å². The molecule has 1 amide bonds. The molecule has 1 fully saturated rings. The third-order valence-corrected chi connectivity index (χ3v) is 4.14. The Morgan fingerprint density at radius 2 is 2.00 bits per heavy atom. The number of piperidine rings is 1. The Labute approximate surface area is 149 Å². The summed E-state index contributed by atoms with van der Waals surface area (Å²) < 4.78 is 5.37. The van der Waals surface area contributed by atoms with Crippen LogP contribution in [0.3, 0.4) is 0 Å². The number of nitrogens with zero attached hydrogens (tertiary/aromatic N) is 3. The fraction of sp³-hybridized carbons (Fsp3) is 0.500. The summed E-state index contributed by atoms with van der Waals surface area (Å²) in [6, 6.07) is 0.134. The molecule has 0 N–H and O–H groups in total. The number of carbonyl (C=O) groups is 1. The molecular formula is C18H27N3O4. The number of ether oxygens (including phenoxy) is 1. The minimum absolute atomic E-state index is 0.00489. The highest BCUT2D eigenvalue weighted by molar-refractivity contribution is 5.68. The molecule has 1 aliphatic heterocycles. The first-order valence-corrected chi connectivity index (χ1v) is 8.26. The molecule has 1 rings (SSSR count). The highest BCUT2D eigenvalue weighted by atomic mass is 16.6. The van der Waals surface area contributed by atoms with Crippen molar-refractivity contribution >= 4 is 6.09 Å². The van der Waals surface area contributed by atoms with Gasteiger partial charge in [0.2, 0.25) is 5.70 Å². The summed E-state index contributed by atoms with van der Waals surface area (Å²) in [7, 11) is 2.06. The Morgan fingerprint density at radius 1 is 1.36 bits per heavy atom. The van der Waals surface area contributed by atoms with Gasteiger partial charge in [-0.15, -0.1) is 6.58 Å². The maximum atomic E-state index is 12.4. The first-order chi connectivity index (χ1) is 11.9. The number of carbonyl (C=O) groups excluding carboxylic acids is 1. The van der Waals surface area contributed by atoms with E-state index in [1.165, 1.54) is 25.2 Å². The average Bonchev–Trinajstić information content (AvgIpc) is 2.60. The molecule has 1 heterocycles. The van der Waals surface area contributed by atoms with Crippen LogP contribution in [0.2, 0.25) is 0 Å². The van der Waals surface area contributed by atoms with Crippen molar-refractivity contribution in [3.63, 3.8) is 0 Å². The molecule has 0 aromatic heterocycles. The maximum Gasteiger partial charge on any atom is 0.410 e. The predicted molar refractivity (Wildman–Crippen MR) is 97.8 cm³/mol. The highest BCUT2D eigenvalue weighted by Crippen LogP contribution is 2.17. The quantitative estimate of drug-likeness (QED) is 0.291. The van der Waals surface area contributed by atoms with Crippen LogP contribution in [0, 0.1) is 10.1 Å². The van der Waals surface area contributed by atoms with Crippen LogP contribution in [0.25, 0.3) is 0 Å². The zero-order valence-electron chi connectivity index (χ0n) is 15.0. The first kappa shape index (κ1) is 20.6. The van der Waals surface area contributed by atoms with Gasteiger partial charge in [-0.1, -0.05) is 18.7 Å². The van der Waals surface area contributed by atoms with Gasteiger partial charge >= 0.3 is 6.09 Å². The minimum atomic E-state index is -0.477. The zero-order valence-corrected chi connectivity index (χ0v) is 15.0. The summed E-state index contributed by atoms with van der Waals surface area (Å²) in [5.41, 5.74) is 0.599. The summed E-state index contributed by atoms with van der Waals surface area (Å²) >= 11 is 0. The Kier molecular flexibility index (Phi) is 8.63. The Hall–Kier alpha value is -2.41. The average molecular weight is 349 g/mol. The van der Waals surface area contributed by atoms with Crippen molar-refractivity contribution in [3.05, 3.63) is 58.8 Å². The van der Waals surface area contributed by atoms with Gasteiger partial charge in [0.1, 0.15) is 6.61 Å². The second-order valence-electron chi connectivity index (χ2n) is 6.04. The van der Waals surface area contributed by atoms with E-state index in [0.29, 0.717) is 12.1 Å². The van der Waals surface area contributed by atoms with Crippen molar-refractivity contribution in [3.8, 4) is 0 Å². The molecule has 138 valence electrons. The fourth-order valence-electron chi connectivity index (χ4n) is 2.51. The second kappa shape index (κ2) is 10.5. The Bertz CT molecular complexity index is 561. The molecular weight excluding hydrogens is 322 g/mol. The van der Waals surface area contributed by atoms with Gasteiger partial charge in [-0.3, -0.25) is 10.1 Å². The van der Waals surface area contributed by atoms with E-state index >= 15 is 0 Å². The van der Waals surface area contributed by atoms with Crippen LogP contribution in [0.1, 0.15) is 19.8 Å². The van der Waals surface area contributed by atoms with Crippen LogP contribution >= 0.6 is 0 Å². The molecule has 7 nitrogen and oxygen atoms in total. The monoisotopic (exact) mass is 349 g/mol. The number of amides is 1. The third kappa shape index (κ3) is 6.93. The molecule has 0 bridgehead atoms. The van der Waals surface area contributed by atoms with Crippen LogP contribution in [0.5, 0.6) is 0 Å². The Morgan fingerprint density at radius 3 is 2.52 bits per heavy atom. The number of hydrogen-bond acceptors (Lipinski definition) is 5. The minimum Gasteiger partial charge on any atom is -0.445 e. The van der Waals surface area contributed by atoms with Gasteiger partial charge in [0.05, 0.1) is 4.92 Å². The summed E-state index contributed by atoms with van der Waals surface area (Å²) in [5, 5.41) is 10.6. The molecule has 0 spiro atoms. The zero-order chi connectivity index (χ0) is 18.8. The van der Waals surface area contributed by atoms with Crippen LogP contribution in [-0.4, -0.2) is 60.1 Å². The van der Waals surface area contributed by atoms with E-state index in [1.54, 1.807) is 11.0 Å². The molecule has 0 aliphatic carbocycles. The molecule has 0 aromatic rings. The third-order valence-electron chi connectivity index (χ3n) is 4.14. The molecule has 1 aliphatic rings. The first-order valence-electron chi connectivity index (χ1n) is 8.26. The smallest absolute Gasteiger partial charge is 0.410 e. The second-order valence-corrected chi connectivity index (χ2v) is 6.04. The standard InChI is InChI=1S/C18H27N3O4/c1-5-11-20(17-9-12-19(4)13-10-17)18(22)25-14-16(6-2)8-7-15(3)21(23)24/h5-8,17H,1-2,9-14H2,3-4H3/b15-7+,16-8+. The normalized spacial score (nSPS) is 17.0. The van der Waals surface area contributed by atoms with E-state index < -0.39 is 11.0 Å². The van der Waals surface area contributed by atoms with E-state index in [1.807, 2.05) is 0 Å². The van der Waals surface area contributed by atoms with E-state index in [2.05, 4.69) is 25.1 Å². The van der Waals surface area contributed by atoms with E-state index in [-0.39, 0.29) is 18.3 Å². The molecule has 0 unspecified atom stereocenters. The number of nitro groups is 1. The van der Waals surface area contributed by atoms with Crippen molar-refractivity contribution in [1.29, 1.82) is 0 Å². The molecule has 0 aromatic carbocycles. The highest BCUT2D eigenvalue weighted by Gasteiger charge is 2.27. The Balaban J connectivity index is 2.68. The maximum absolute atomic E-state index is 12.4. The lowest BCUT2D eigenvalue weighted by molar-refractivity contribution is -0.424. The van der Waals surface area contributed by atoms with E-state index in [0.717, 1.165) is 25.9 Å². The van der Waals surface area contributed by atoms with Crippen molar-refractivity contribution in [2.75, 3.05) is 33.3 Å². The van der Waals surface area contributed by atoms with E-state index in [9.17, 15) is 14.9 Å². The van der Waals surface area contributed by atoms with Crippen LogP contribution in [0.15, 0.2) is 48.7 Å². The molecule has 7 heteroatoms. The SMILES string of the molecule is C=CCN(C(=O)OC/C(C=C)=C/C=C(\C)[N+](=O)[O-])C1CCN(C)CC1. The number of rotatable bonds is 8. The van der Waals surface area contributed by atoms with Crippen LogP contribution in [0.4, 0.5) is 4.79 Å². The lowest BCUT2D eigenvalue weighted by Crippen LogP contribution is -2.46. The molecule has 1 saturated heterocycles. The van der Waals surface area contributed by atoms with Crippen molar-refractivity contribution < 1.29 is 14.5 Å². The van der Waals surface area contributed by atoms with Crippen LogP contribution < -0.4 is 0 Å². The number of likely N-dealkylation sites (tertiary alicyclic amines) is 1. The summed E-state index contributed by atoms with van der Waals surface area (Å²) in [6.07, 6.45) is 7.49. The fourth-order valence-corrected chi connectivity index (χ4v) is 2.51. The van der Waals surface area contributed by atoms with Crippen molar-refractivity contribution in [1.82, 2.24) is 9.80 Å². The molecule has 25 heavy (non-hydrogen) atoms. The predicted octanol–water partition coefficient (Wildman–Crippen LogP) is 3.00. The van der Waals surface area contributed by atoms with Gasteiger partial charge in [0.25, 0.3) is 0 Å². The molecule has 0 atom stereocenters. The largest absolute Gasteiger partial charge is 0.445 e. The lowest BCUT2D eigenvalue weighted by atomic mass is 10.0. The number of hydrogen-bond donors (Lipinski definition) is 0. The van der Waals surface area contributed by atoms with E-state index in [4.69, 9.17) is 4.74 Å². The van der Waals surface area contributed by atoms with Gasteiger partial charge in [-0.05, 0) is 44.6 Å². The van der Waals surface area contributed by atoms with Gasteiger partial charge in [-0.25, -0.2) is 4.79 Å². The summed E-state index contributed by atoms with van der Waals surface area (Å²) in [5.74, 6) is 0. The van der Waals surface area contributed by atoms with Gasteiger partial charge in [0, 0.05) is 25.6 Å². The molecule has 0 radical (unpaired) electrons. The van der Waals surface area contributed by atoms with Crippen molar-refractivity contribution in [2.24, 2.45) is 0 Å².